The third-order valence-corrected chi connectivity index (χ3v) is 9.56. The zero-order valence-corrected chi connectivity index (χ0v) is 27.8. The molecule has 0 unspecified atom stereocenters. The number of carbonyl (C=O) groups excluding carboxylic acids is 2. The largest absolute Gasteiger partial charge is 0.493 e. The Bertz CT molecular complexity index is 2030. The van der Waals surface area contributed by atoms with Crippen LogP contribution in [-0.2, 0) is 30.6 Å². The number of amides is 1. The highest BCUT2D eigenvalue weighted by molar-refractivity contribution is 7.90. The van der Waals surface area contributed by atoms with Gasteiger partial charge in [0.1, 0.15) is 45.0 Å². The molecule has 3 heterocycles. The van der Waals surface area contributed by atoms with Crippen molar-refractivity contribution in [2.75, 3.05) is 43.8 Å². The Morgan fingerprint density at radius 2 is 1.84 bits per heavy atom. The molecule has 6 rings (SSSR count). The number of alkyl halides is 3. The maximum absolute atomic E-state index is 14.1. The number of halogens is 3. The molecule has 0 spiro atoms. The number of aromatic nitrogens is 2. The molecule has 0 N–H and O–H groups in total. The molecule has 15 heteroatoms. The number of anilines is 1. The summed E-state index contributed by atoms with van der Waals surface area (Å²) >= 11 is 0. The number of nitrogens with zero attached hydrogens (tertiary/aromatic N) is 3. The molecule has 0 bridgehead atoms. The van der Waals surface area contributed by atoms with Crippen molar-refractivity contribution >= 4 is 38.4 Å². The van der Waals surface area contributed by atoms with Crippen LogP contribution in [0.5, 0.6) is 17.2 Å². The van der Waals surface area contributed by atoms with Gasteiger partial charge in [0.25, 0.3) is 0 Å². The van der Waals surface area contributed by atoms with E-state index in [4.69, 9.17) is 23.9 Å². The van der Waals surface area contributed by atoms with Gasteiger partial charge in [0, 0.05) is 41.5 Å². The second-order valence-electron chi connectivity index (χ2n) is 11.9. The van der Waals surface area contributed by atoms with Crippen LogP contribution in [0.2, 0.25) is 0 Å². The monoisotopic (exact) mass is 701 g/mol. The van der Waals surface area contributed by atoms with Gasteiger partial charge in [-0.05, 0) is 30.7 Å². The van der Waals surface area contributed by atoms with Gasteiger partial charge in [-0.2, -0.15) is 13.2 Å². The molecule has 1 aromatic heterocycles. The van der Waals surface area contributed by atoms with Gasteiger partial charge >= 0.3 is 18.1 Å². The van der Waals surface area contributed by atoms with Gasteiger partial charge in [0.15, 0.2) is 0 Å². The highest BCUT2D eigenvalue weighted by atomic mass is 32.2. The zero-order chi connectivity index (χ0) is 35.1. The maximum Gasteiger partial charge on any atom is 0.471 e. The quantitative estimate of drug-likeness (QED) is 0.148. The Hall–Kier alpha value is -4.79. The van der Waals surface area contributed by atoms with Gasteiger partial charge in [-0.3, -0.25) is 19.1 Å². The van der Waals surface area contributed by atoms with Crippen LogP contribution in [0.25, 0.3) is 16.7 Å². The molecule has 2 aliphatic heterocycles. The van der Waals surface area contributed by atoms with E-state index in [1.165, 1.54) is 19.2 Å². The van der Waals surface area contributed by atoms with E-state index in [1.807, 2.05) is 17.6 Å². The second-order valence-corrected chi connectivity index (χ2v) is 14.1. The van der Waals surface area contributed by atoms with E-state index in [1.54, 1.807) is 36.4 Å². The Labute approximate surface area is 280 Å². The van der Waals surface area contributed by atoms with Gasteiger partial charge in [-0.1, -0.05) is 31.2 Å². The molecule has 3 aromatic carbocycles. The van der Waals surface area contributed by atoms with Gasteiger partial charge in [0.05, 0.1) is 49.7 Å². The fourth-order valence-corrected chi connectivity index (χ4v) is 6.94. The number of hydrogen-bond donors (Lipinski definition) is 0. The van der Waals surface area contributed by atoms with Crippen LogP contribution in [0.15, 0.2) is 54.6 Å². The molecule has 260 valence electrons. The number of imidazole rings is 1. The average molecular weight is 702 g/mol. The lowest BCUT2D eigenvalue weighted by molar-refractivity contribution is -0.171. The van der Waals surface area contributed by atoms with Crippen LogP contribution in [0, 0.1) is 0 Å². The Morgan fingerprint density at radius 1 is 1.06 bits per heavy atom. The van der Waals surface area contributed by atoms with Gasteiger partial charge in [0.2, 0.25) is 0 Å². The Balaban J connectivity index is 1.37. The maximum atomic E-state index is 14.1. The number of rotatable bonds is 11. The summed E-state index contributed by atoms with van der Waals surface area (Å²) in [5.41, 5.74) is 2.68. The van der Waals surface area contributed by atoms with Crippen molar-refractivity contribution in [3.05, 3.63) is 71.5 Å². The van der Waals surface area contributed by atoms with E-state index in [9.17, 15) is 31.2 Å². The Morgan fingerprint density at radius 3 is 2.55 bits per heavy atom. The smallest absolute Gasteiger partial charge is 0.471 e. The number of aryl methyl sites for hydroxylation is 1. The number of carbonyl (C=O) groups is 2. The molecule has 2 atom stereocenters. The molecule has 0 saturated carbocycles. The standard InChI is InChI=1S/C34H34F3N3O8S/c1-4-29-38-31-24(9-6-11-27(31)46-14-7-15-49(3,43)44)40(29)25-10-5-8-23-26(19-48-32(23)25)39(33(42)34(35,36)37)21-12-13-22-20(16-30(41)45-2)18-47-28(22)17-21/h5-6,8-13,17,20,26H,4,7,14-16,18-19H2,1-3H3/t20-,26-/m1/s1. The lowest BCUT2D eigenvalue weighted by Gasteiger charge is -2.29. The number of fused-ring (bicyclic) bond motifs is 3. The van der Waals surface area contributed by atoms with Crippen molar-refractivity contribution in [1.82, 2.24) is 9.55 Å². The van der Waals surface area contributed by atoms with Crippen LogP contribution in [0.4, 0.5) is 18.9 Å². The third kappa shape index (κ3) is 6.76. The van der Waals surface area contributed by atoms with E-state index in [0.29, 0.717) is 62.9 Å². The summed E-state index contributed by atoms with van der Waals surface area (Å²) in [6.45, 7) is 1.97. The normalized spacial score (nSPS) is 16.9. The van der Waals surface area contributed by atoms with E-state index in [-0.39, 0.29) is 49.3 Å². The summed E-state index contributed by atoms with van der Waals surface area (Å²) in [6.07, 6.45) is -3.20. The van der Waals surface area contributed by atoms with Crippen molar-refractivity contribution in [3.63, 3.8) is 0 Å². The fraction of sp³-hybridized carbons (Fsp3) is 0.382. The molecule has 4 aromatic rings. The zero-order valence-electron chi connectivity index (χ0n) is 27.0. The molecule has 49 heavy (non-hydrogen) atoms. The molecule has 0 fully saturated rings. The lowest BCUT2D eigenvalue weighted by Crippen LogP contribution is -2.44. The van der Waals surface area contributed by atoms with Crippen LogP contribution in [0.1, 0.15) is 48.7 Å². The first kappa shape index (κ1) is 34.1. The molecule has 2 aliphatic rings. The predicted molar refractivity (Wildman–Crippen MR) is 173 cm³/mol. The first-order valence-electron chi connectivity index (χ1n) is 15.6. The molecular weight excluding hydrogens is 667 g/mol. The number of esters is 1. The summed E-state index contributed by atoms with van der Waals surface area (Å²) in [7, 11) is -1.87. The van der Waals surface area contributed by atoms with Crippen LogP contribution in [-0.4, -0.2) is 75.0 Å². The summed E-state index contributed by atoms with van der Waals surface area (Å²) in [6, 6.07) is 13.7. The predicted octanol–water partition coefficient (Wildman–Crippen LogP) is 5.47. The van der Waals surface area contributed by atoms with Crippen LogP contribution in [0.3, 0.4) is 0 Å². The van der Waals surface area contributed by atoms with Crippen molar-refractivity contribution < 1.29 is 50.1 Å². The minimum atomic E-state index is -5.19. The van der Waals surface area contributed by atoms with Gasteiger partial charge < -0.3 is 18.9 Å². The van der Waals surface area contributed by atoms with Gasteiger partial charge in [-0.15, -0.1) is 0 Å². The first-order valence-corrected chi connectivity index (χ1v) is 17.7. The highest BCUT2D eigenvalue weighted by Gasteiger charge is 2.48. The number of ether oxygens (including phenoxy) is 4. The van der Waals surface area contributed by atoms with E-state index >= 15 is 0 Å². The minimum absolute atomic E-state index is 0.0193. The van der Waals surface area contributed by atoms with Crippen LogP contribution >= 0.6 is 0 Å². The summed E-state index contributed by atoms with van der Waals surface area (Å²) in [4.78, 5) is 30.4. The number of hydrogen-bond acceptors (Lipinski definition) is 9. The molecule has 0 radical (unpaired) electrons. The molecule has 0 aliphatic carbocycles. The van der Waals surface area contributed by atoms with E-state index in [0.717, 1.165) is 6.26 Å². The van der Waals surface area contributed by atoms with Crippen molar-refractivity contribution in [3.8, 4) is 22.9 Å². The summed E-state index contributed by atoms with van der Waals surface area (Å²) in [5.74, 6) is -1.19. The number of sulfone groups is 1. The second kappa shape index (κ2) is 13.3. The number of para-hydroxylation sites is 2. The Kier molecular flexibility index (Phi) is 9.22. The van der Waals surface area contributed by atoms with E-state index in [2.05, 4.69) is 0 Å². The van der Waals surface area contributed by atoms with Crippen molar-refractivity contribution in [2.45, 2.75) is 44.3 Å². The van der Waals surface area contributed by atoms with Gasteiger partial charge in [-0.25, -0.2) is 13.4 Å². The number of methoxy groups -OCH3 is 1. The highest BCUT2D eigenvalue weighted by Crippen LogP contribution is 2.46. The SMILES string of the molecule is CCc1nc2c(OCCCS(C)(=O)=O)cccc2n1-c1cccc2c1OC[C@H]2N(C(=O)C(F)(F)F)c1ccc2c(c1)OC[C@H]2CC(=O)OC. The van der Waals surface area contributed by atoms with Crippen molar-refractivity contribution in [1.29, 1.82) is 0 Å². The van der Waals surface area contributed by atoms with E-state index < -0.39 is 33.9 Å². The summed E-state index contributed by atoms with van der Waals surface area (Å²) < 4.78 is 89.9. The average Bonchev–Trinajstić information content (AvgIpc) is 3.78. The topological polar surface area (TPSA) is 126 Å². The molecule has 0 saturated heterocycles. The third-order valence-electron chi connectivity index (χ3n) is 8.53. The lowest BCUT2D eigenvalue weighted by atomic mass is 9.97. The number of benzene rings is 3. The van der Waals surface area contributed by atoms with Crippen molar-refractivity contribution in [2.24, 2.45) is 0 Å². The first-order chi connectivity index (χ1) is 23.3. The fourth-order valence-electron chi connectivity index (χ4n) is 6.29. The summed E-state index contributed by atoms with van der Waals surface area (Å²) in [5, 5.41) is 0. The molecule has 11 nitrogen and oxygen atoms in total. The molecular formula is C34H34F3N3O8S. The minimum Gasteiger partial charge on any atom is -0.493 e. The van der Waals surface area contributed by atoms with Crippen LogP contribution < -0.4 is 19.1 Å². The molecule has 1 amide bonds.